The Morgan fingerprint density at radius 3 is 2.11 bits per heavy atom. The summed E-state index contributed by atoms with van der Waals surface area (Å²) < 4.78 is 11.9. The Bertz CT molecular complexity index is 1330. The van der Waals surface area contributed by atoms with Gasteiger partial charge in [-0.2, -0.15) is 0 Å². The molecule has 1 fully saturated rings. The van der Waals surface area contributed by atoms with Gasteiger partial charge in [0.25, 0.3) is 5.91 Å². The number of rotatable bonds is 14. The zero-order valence-corrected chi connectivity index (χ0v) is 26.5. The van der Waals surface area contributed by atoms with Crippen LogP contribution in [0.25, 0.3) is 0 Å². The van der Waals surface area contributed by atoms with E-state index in [9.17, 15) is 9.59 Å². The average Bonchev–Trinajstić information content (AvgIpc) is 3.05. The minimum absolute atomic E-state index is 0.129. The molecule has 0 aromatic heterocycles. The summed E-state index contributed by atoms with van der Waals surface area (Å²) in [4.78, 5) is 30.2. The first-order valence-corrected chi connectivity index (χ1v) is 15.9. The van der Waals surface area contributed by atoms with E-state index in [-0.39, 0.29) is 18.0 Å². The second-order valence-corrected chi connectivity index (χ2v) is 11.0. The lowest BCUT2D eigenvalue weighted by molar-refractivity contribution is 0.102. The molecule has 0 atom stereocenters. The van der Waals surface area contributed by atoms with Crippen LogP contribution in [0.5, 0.6) is 17.2 Å². The molecule has 3 aromatic rings. The molecule has 9 heteroatoms. The predicted molar refractivity (Wildman–Crippen MR) is 179 cm³/mol. The number of amides is 3. The van der Waals surface area contributed by atoms with Crippen LogP contribution in [0.3, 0.4) is 0 Å². The van der Waals surface area contributed by atoms with Gasteiger partial charge in [-0.15, -0.1) is 0 Å². The summed E-state index contributed by atoms with van der Waals surface area (Å²) in [5.74, 6) is 1.48. The quantitative estimate of drug-likeness (QED) is 0.179. The Kier molecular flexibility index (Phi) is 12.3. The molecule has 0 radical (unpaired) electrons. The summed E-state index contributed by atoms with van der Waals surface area (Å²) in [6.07, 6.45) is 4.22. The molecule has 0 bridgehead atoms. The van der Waals surface area contributed by atoms with Gasteiger partial charge in [-0.25, -0.2) is 4.79 Å². The average molecular weight is 602 g/mol. The van der Waals surface area contributed by atoms with Gasteiger partial charge in [0.15, 0.2) is 11.5 Å². The normalized spacial score (nSPS) is 13.4. The van der Waals surface area contributed by atoms with E-state index in [1.165, 1.54) is 19.4 Å². The van der Waals surface area contributed by atoms with Crippen LogP contribution >= 0.6 is 0 Å². The molecule has 3 N–H and O–H groups in total. The number of nitrogens with zero attached hydrogens (tertiary/aromatic N) is 2. The van der Waals surface area contributed by atoms with Gasteiger partial charge in [0.05, 0.1) is 6.61 Å². The predicted octanol–water partition coefficient (Wildman–Crippen LogP) is 7.36. The number of piperazine rings is 1. The Morgan fingerprint density at radius 2 is 1.48 bits per heavy atom. The van der Waals surface area contributed by atoms with Crippen molar-refractivity contribution in [1.29, 1.82) is 0 Å². The number of hydrogen-bond acceptors (Lipinski definition) is 6. The Hall–Kier alpha value is -4.24. The third-order valence-corrected chi connectivity index (χ3v) is 7.86. The van der Waals surface area contributed by atoms with E-state index in [0.29, 0.717) is 40.8 Å². The maximum absolute atomic E-state index is 12.9. The molecule has 0 aliphatic carbocycles. The van der Waals surface area contributed by atoms with Crippen molar-refractivity contribution >= 4 is 29.0 Å². The fourth-order valence-corrected chi connectivity index (χ4v) is 5.16. The molecule has 236 valence electrons. The molecule has 1 saturated heterocycles. The summed E-state index contributed by atoms with van der Waals surface area (Å²) in [6.45, 7) is 14.0. The van der Waals surface area contributed by atoms with E-state index in [1.807, 2.05) is 45.0 Å². The Morgan fingerprint density at radius 1 is 0.795 bits per heavy atom. The van der Waals surface area contributed by atoms with Crippen LogP contribution in [0.1, 0.15) is 63.7 Å². The van der Waals surface area contributed by atoms with Crippen molar-refractivity contribution in [3.63, 3.8) is 0 Å². The molecule has 1 aliphatic rings. The molecular weight excluding hydrogens is 554 g/mol. The molecule has 4 rings (SSSR count). The Labute approximate surface area is 261 Å². The molecule has 44 heavy (non-hydrogen) atoms. The number of carbonyl (C=O) groups excluding carboxylic acids is 2. The lowest BCUT2D eigenvalue weighted by atomic mass is 10.1. The minimum Gasteiger partial charge on any atom is -0.490 e. The van der Waals surface area contributed by atoms with Crippen LogP contribution in [-0.2, 0) is 0 Å². The van der Waals surface area contributed by atoms with Gasteiger partial charge < -0.3 is 30.3 Å². The van der Waals surface area contributed by atoms with Crippen LogP contribution in [0.4, 0.5) is 21.9 Å². The molecule has 1 aliphatic heterocycles. The standard InChI is InChI=1S/C35H47N5O4/c1-5-9-20-39-21-23-40(24-22-39)30-15-10-26(11-16-30)34(41)36-28-12-17-31(18-13-28)44-32-19-14-29(25-33(32)43-8-4)38-35(42)37-27(6-2)7-3/h10-19,25,27H,5-9,20-24H2,1-4H3,(H,36,41)(H2,37,38,42). The SMILES string of the molecule is CCCCN1CCN(c2ccc(C(=O)Nc3ccc(Oc4ccc(NC(=O)NC(CC)CC)cc4OCC)cc3)cc2)CC1. The summed E-state index contributed by atoms with van der Waals surface area (Å²) in [5, 5.41) is 8.80. The lowest BCUT2D eigenvalue weighted by Crippen LogP contribution is -2.46. The summed E-state index contributed by atoms with van der Waals surface area (Å²) in [6, 6.07) is 20.2. The molecule has 9 nitrogen and oxygen atoms in total. The molecular formula is C35H47N5O4. The highest BCUT2D eigenvalue weighted by atomic mass is 16.5. The smallest absolute Gasteiger partial charge is 0.319 e. The molecule has 3 amide bonds. The van der Waals surface area contributed by atoms with Gasteiger partial charge in [-0.1, -0.05) is 27.2 Å². The third kappa shape index (κ3) is 9.38. The first-order chi connectivity index (χ1) is 21.4. The molecule has 0 saturated carbocycles. The lowest BCUT2D eigenvalue weighted by Gasteiger charge is -2.36. The molecule has 0 spiro atoms. The van der Waals surface area contributed by atoms with Crippen molar-refractivity contribution in [2.45, 2.75) is 59.4 Å². The summed E-state index contributed by atoms with van der Waals surface area (Å²) >= 11 is 0. The van der Waals surface area contributed by atoms with Gasteiger partial charge in [-0.05, 0) is 93.4 Å². The maximum Gasteiger partial charge on any atom is 0.319 e. The first kappa shape index (κ1) is 32.7. The zero-order valence-electron chi connectivity index (χ0n) is 26.5. The van der Waals surface area contributed by atoms with Gasteiger partial charge >= 0.3 is 6.03 Å². The van der Waals surface area contributed by atoms with E-state index in [0.717, 1.165) is 44.7 Å². The van der Waals surface area contributed by atoms with E-state index in [1.54, 1.807) is 42.5 Å². The Balaban J connectivity index is 1.31. The van der Waals surface area contributed by atoms with Crippen molar-refractivity contribution < 1.29 is 19.1 Å². The van der Waals surface area contributed by atoms with Crippen LogP contribution < -0.4 is 30.3 Å². The maximum atomic E-state index is 12.9. The van der Waals surface area contributed by atoms with Gasteiger partial charge in [0.2, 0.25) is 0 Å². The summed E-state index contributed by atoms with van der Waals surface area (Å²) in [5.41, 5.74) is 3.04. The zero-order chi connectivity index (χ0) is 31.3. The minimum atomic E-state index is -0.250. The van der Waals surface area contributed by atoms with Crippen LogP contribution in [0.15, 0.2) is 66.7 Å². The van der Waals surface area contributed by atoms with Crippen LogP contribution in [-0.4, -0.2) is 62.2 Å². The van der Waals surface area contributed by atoms with Crippen molar-refractivity contribution in [2.24, 2.45) is 0 Å². The number of hydrogen-bond donors (Lipinski definition) is 3. The van der Waals surface area contributed by atoms with Gasteiger partial charge in [0.1, 0.15) is 5.75 Å². The monoisotopic (exact) mass is 601 g/mol. The van der Waals surface area contributed by atoms with E-state index in [2.05, 4.69) is 32.7 Å². The first-order valence-electron chi connectivity index (χ1n) is 15.9. The highest BCUT2D eigenvalue weighted by Gasteiger charge is 2.17. The van der Waals surface area contributed by atoms with Crippen molar-refractivity contribution in [2.75, 3.05) is 54.9 Å². The number of anilines is 3. The number of urea groups is 1. The third-order valence-electron chi connectivity index (χ3n) is 7.86. The van der Waals surface area contributed by atoms with Crippen molar-refractivity contribution in [3.05, 3.63) is 72.3 Å². The second kappa shape index (κ2) is 16.6. The number of benzene rings is 3. The highest BCUT2D eigenvalue weighted by Crippen LogP contribution is 2.34. The van der Waals surface area contributed by atoms with Gasteiger partial charge in [0, 0.05) is 60.9 Å². The number of ether oxygens (including phenoxy) is 2. The van der Waals surface area contributed by atoms with Crippen LogP contribution in [0, 0.1) is 0 Å². The van der Waals surface area contributed by atoms with Crippen molar-refractivity contribution in [3.8, 4) is 17.2 Å². The van der Waals surface area contributed by atoms with E-state index >= 15 is 0 Å². The highest BCUT2D eigenvalue weighted by molar-refractivity contribution is 6.04. The second-order valence-electron chi connectivity index (χ2n) is 11.0. The van der Waals surface area contributed by atoms with E-state index < -0.39 is 0 Å². The van der Waals surface area contributed by atoms with E-state index in [4.69, 9.17) is 9.47 Å². The summed E-state index contributed by atoms with van der Waals surface area (Å²) in [7, 11) is 0. The largest absolute Gasteiger partial charge is 0.490 e. The fraction of sp³-hybridized carbons (Fsp3) is 0.429. The van der Waals surface area contributed by atoms with Crippen LogP contribution in [0.2, 0.25) is 0 Å². The van der Waals surface area contributed by atoms with Crippen molar-refractivity contribution in [1.82, 2.24) is 10.2 Å². The fourth-order valence-electron chi connectivity index (χ4n) is 5.16. The number of carbonyl (C=O) groups is 2. The molecule has 3 aromatic carbocycles. The molecule has 0 unspecified atom stereocenters. The molecule has 1 heterocycles. The van der Waals surface area contributed by atoms with Gasteiger partial charge in [-0.3, -0.25) is 9.69 Å². The number of unbranched alkanes of at least 4 members (excludes halogenated alkanes) is 1. The topological polar surface area (TPSA) is 95.2 Å². The number of nitrogens with one attached hydrogen (secondary N) is 3.